The van der Waals surface area contributed by atoms with Crippen molar-refractivity contribution >= 4 is 23.0 Å². The van der Waals surface area contributed by atoms with Crippen molar-refractivity contribution in [3.63, 3.8) is 0 Å². The molecule has 1 amide bonds. The maximum atomic E-state index is 12.8. The molecule has 34 heavy (non-hydrogen) atoms. The molecule has 1 N–H and O–H groups in total. The number of para-hydroxylation sites is 1. The predicted molar refractivity (Wildman–Crippen MR) is 133 cm³/mol. The van der Waals surface area contributed by atoms with Crippen LogP contribution in [0, 0.1) is 17.0 Å². The van der Waals surface area contributed by atoms with Gasteiger partial charge in [0.15, 0.2) is 0 Å². The quantitative estimate of drug-likeness (QED) is 0.481. The van der Waals surface area contributed by atoms with Crippen molar-refractivity contribution in [3.05, 3.63) is 64.2 Å². The molecule has 0 bridgehead atoms. The molecule has 1 heterocycles. The molecule has 1 aliphatic carbocycles. The van der Waals surface area contributed by atoms with E-state index in [9.17, 15) is 14.9 Å². The molecule has 2 fully saturated rings. The lowest BCUT2D eigenvalue weighted by Gasteiger charge is -2.30. The van der Waals surface area contributed by atoms with Crippen molar-refractivity contribution in [1.29, 1.82) is 0 Å². The summed E-state index contributed by atoms with van der Waals surface area (Å²) in [7, 11) is 0. The first-order valence-electron chi connectivity index (χ1n) is 12.2. The number of carbonyl (C=O) groups excluding carboxylic acids is 1. The fourth-order valence-corrected chi connectivity index (χ4v) is 4.90. The lowest BCUT2D eigenvalue weighted by atomic mass is 9.92. The molecule has 182 valence electrons. The Morgan fingerprint density at radius 1 is 1.06 bits per heavy atom. The van der Waals surface area contributed by atoms with Gasteiger partial charge in [0.2, 0.25) is 5.91 Å². The SMILES string of the molecule is Cc1cc(NC2CCC(OCC(=O)N3CCCN(c4ccccc4)CC3)CC2)ccc1[N+](=O)[O-]. The van der Waals surface area contributed by atoms with Crippen molar-refractivity contribution < 1.29 is 14.5 Å². The number of rotatable bonds is 7. The first-order chi connectivity index (χ1) is 16.5. The number of nitrogens with zero attached hydrogens (tertiary/aromatic N) is 3. The van der Waals surface area contributed by atoms with E-state index in [0.29, 0.717) is 11.6 Å². The van der Waals surface area contributed by atoms with Crippen LogP contribution in [0.15, 0.2) is 48.5 Å². The average molecular weight is 467 g/mol. The zero-order chi connectivity index (χ0) is 23.9. The molecule has 2 aromatic rings. The van der Waals surface area contributed by atoms with E-state index >= 15 is 0 Å². The van der Waals surface area contributed by atoms with Gasteiger partial charge in [0, 0.05) is 55.2 Å². The van der Waals surface area contributed by atoms with Crippen LogP contribution in [0.5, 0.6) is 0 Å². The van der Waals surface area contributed by atoms with Crippen LogP contribution in [0.25, 0.3) is 0 Å². The van der Waals surface area contributed by atoms with Gasteiger partial charge in [0.05, 0.1) is 11.0 Å². The third-order valence-corrected chi connectivity index (χ3v) is 6.85. The van der Waals surface area contributed by atoms with Crippen molar-refractivity contribution in [2.45, 2.75) is 51.2 Å². The molecular weight excluding hydrogens is 432 g/mol. The van der Waals surface area contributed by atoms with Gasteiger partial charge < -0.3 is 19.9 Å². The van der Waals surface area contributed by atoms with Gasteiger partial charge in [-0.2, -0.15) is 0 Å². The zero-order valence-corrected chi connectivity index (χ0v) is 19.8. The van der Waals surface area contributed by atoms with Crippen LogP contribution in [0.1, 0.15) is 37.7 Å². The first kappa shape index (κ1) is 24.0. The summed E-state index contributed by atoms with van der Waals surface area (Å²) in [5.41, 5.74) is 2.92. The maximum absolute atomic E-state index is 12.8. The molecule has 0 aromatic heterocycles. The predicted octanol–water partition coefficient (Wildman–Crippen LogP) is 4.38. The smallest absolute Gasteiger partial charge is 0.272 e. The number of ether oxygens (including phenoxy) is 1. The first-order valence-corrected chi connectivity index (χ1v) is 12.2. The Morgan fingerprint density at radius 3 is 2.53 bits per heavy atom. The van der Waals surface area contributed by atoms with E-state index in [4.69, 9.17) is 4.74 Å². The van der Waals surface area contributed by atoms with Gasteiger partial charge in [-0.3, -0.25) is 14.9 Å². The molecule has 1 saturated heterocycles. The number of hydrogen-bond donors (Lipinski definition) is 1. The number of anilines is 2. The standard InChI is InChI=1S/C26H34N4O4/c1-20-18-22(10-13-25(20)30(32)33)27-21-8-11-24(12-9-21)34-19-26(31)29-15-5-14-28(16-17-29)23-6-3-2-4-7-23/h2-4,6-7,10,13,18,21,24,27H,5,8-9,11-12,14-17,19H2,1H3. The molecule has 8 nitrogen and oxygen atoms in total. The Bertz CT molecular complexity index is 976. The van der Waals surface area contributed by atoms with Crippen LogP contribution >= 0.6 is 0 Å². The molecule has 0 unspecified atom stereocenters. The molecule has 0 spiro atoms. The highest BCUT2D eigenvalue weighted by Crippen LogP contribution is 2.27. The molecule has 2 aromatic carbocycles. The minimum atomic E-state index is -0.353. The monoisotopic (exact) mass is 466 g/mol. The number of carbonyl (C=O) groups is 1. The van der Waals surface area contributed by atoms with Gasteiger partial charge >= 0.3 is 0 Å². The van der Waals surface area contributed by atoms with E-state index in [1.54, 1.807) is 19.1 Å². The highest BCUT2D eigenvalue weighted by atomic mass is 16.6. The summed E-state index contributed by atoms with van der Waals surface area (Å²) in [6.45, 7) is 5.21. The Kier molecular flexibility index (Phi) is 8.00. The largest absolute Gasteiger partial charge is 0.382 e. The number of amides is 1. The number of aryl methyl sites for hydroxylation is 1. The molecule has 2 aliphatic rings. The Hall–Kier alpha value is -3.13. The molecule has 1 saturated carbocycles. The van der Waals surface area contributed by atoms with Crippen LogP contribution in [-0.2, 0) is 9.53 Å². The second kappa shape index (κ2) is 11.3. The van der Waals surface area contributed by atoms with Gasteiger partial charge in [-0.15, -0.1) is 0 Å². The van der Waals surface area contributed by atoms with Gasteiger partial charge in [-0.05, 0) is 63.3 Å². The van der Waals surface area contributed by atoms with Crippen molar-refractivity contribution in [2.24, 2.45) is 0 Å². The van der Waals surface area contributed by atoms with Gasteiger partial charge in [-0.1, -0.05) is 18.2 Å². The lowest BCUT2D eigenvalue weighted by molar-refractivity contribution is -0.385. The highest BCUT2D eigenvalue weighted by Gasteiger charge is 2.25. The summed E-state index contributed by atoms with van der Waals surface area (Å²) in [6, 6.07) is 15.8. The molecule has 4 rings (SSSR count). The minimum Gasteiger partial charge on any atom is -0.382 e. The Labute approximate surface area is 201 Å². The summed E-state index contributed by atoms with van der Waals surface area (Å²) in [6.07, 6.45) is 4.76. The topological polar surface area (TPSA) is 88.0 Å². The van der Waals surface area contributed by atoms with Crippen molar-refractivity contribution in [2.75, 3.05) is 43.0 Å². The normalized spacial score (nSPS) is 21.1. The van der Waals surface area contributed by atoms with Gasteiger partial charge in [0.1, 0.15) is 6.61 Å². The number of nitro groups is 1. The van der Waals surface area contributed by atoms with Gasteiger partial charge in [-0.25, -0.2) is 0 Å². The summed E-state index contributed by atoms with van der Waals surface area (Å²) in [4.78, 5) is 27.7. The lowest BCUT2D eigenvalue weighted by Crippen LogP contribution is -2.39. The maximum Gasteiger partial charge on any atom is 0.272 e. The van der Waals surface area contributed by atoms with E-state index in [1.165, 1.54) is 5.69 Å². The van der Waals surface area contributed by atoms with Gasteiger partial charge in [0.25, 0.3) is 5.69 Å². The van der Waals surface area contributed by atoms with E-state index in [2.05, 4.69) is 22.3 Å². The fourth-order valence-electron chi connectivity index (χ4n) is 4.90. The average Bonchev–Trinajstić information content (AvgIpc) is 3.10. The molecular formula is C26H34N4O4. The highest BCUT2D eigenvalue weighted by molar-refractivity contribution is 5.77. The van der Waals surface area contributed by atoms with Crippen LogP contribution in [0.3, 0.4) is 0 Å². The molecule has 0 atom stereocenters. The number of nitrogens with one attached hydrogen (secondary N) is 1. The molecule has 8 heteroatoms. The number of benzene rings is 2. The Morgan fingerprint density at radius 2 is 1.82 bits per heavy atom. The van der Waals surface area contributed by atoms with E-state index in [0.717, 1.165) is 64.0 Å². The van der Waals surface area contributed by atoms with Crippen molar-refractivity contribution in [1.82, 2.24) is 4.90 Å². The second-order valence-corrected chi connectivity index (χ2v) is 9.24. The summed E-state index contributed by atoms with van der Waals surface area (Å²) in [5, 5.41) is 14.5. The summed E-state index contributed by atoms with van der Waals surface area (Å²) in [5.74, 6) is 0.0801. The summed E-state index contributed by atoms with van der Waals surface area (Å²) >= 11 is 0. The van der Waals surface area contributed by atoms with Crippen LogP contribution in [0.4, 0.5) is 17.1 Å². The number of nitro benzene ring substituents is 1. The second-order valence-electron chi connectivity index (χ2n) is 9.24. The van der Waals surface area contributed by atoms with E-state index in [-0.39, 0.29) is 29.2 Å². The van der Waals surface area contributed by atoms with Crippen molar-refractivity contribution in [3.8, 4) is 0 Å². The fraction of sp³-hybridized carbons (Fsp3) is 0.500. The molecule has 0 radical (unpaired) electrons. The third-order valence-electron chi connectivity index (χ3n) is 6.85. The molecule has 1 aliphatic heterocycles. The van der Waals surface area contributed by atoms with E-state index in [1.807, 2.05) is 29.2 Å². The minimum absolute atomic E-state index is 0.0801. The summed E-state index contributed by atoms with van der Waals surface area (Å²) < 4.78 is 6.00. The number of hydrogen-bond acceptors (Lipinski definition) is 6. The zero-order valence-electron chi connectivity index (χ0n) is 19.8. The Balaban J connectivity index is 1.18. The van der Waals surface area contributed by atoms with Crippen LogP contribution in [-0.4, -0.2) is 60.7 Å². The van der Waals surface area contributed by atoms with E-state index < -0.39 is 0 Å². The van der Waals surface area contributed by atoms with Crippen LogP contribution in [0.2, 0.25) is 0 Å². The third kappa shape index (κ3) is 6.26. The van der Waals surface area contributed by atoms with Crippen LogP contribution < -0.4 is 10.2 Å².